The van der Waals surface area contributed by atoms with Gasteiger partial charge in [-0.25, -0.2) is 9.37 Å². The van der Waals surface area contributed by atoms with Crippen molar-refractivity contribution in [2.24, 2.45) is 0 Å². The third-order valence-corrected chi connectivity index (χ3v) is 3.26. The molecule has 84 valence electrons. The van der Waals surface area contributed by atoms with Crippen LogP contribution in [0.5, 0.6) is 0 Å². The second kappa shape index (κ2) is 3.70. The van der Waals surface area contributed by atoms with E-state index >= 15 is 0 Å². The zero-order valence-corrected chi connectivity index (χ0v) is 9.15. The SMILES string of the molecule is [NH+]#Cc1ccc([C@H]2CCc3cncn32)c(F)c1. The Morgan fingerprint density at radius 1 is 1.47 bits per heavy atom. The quantitative estimate of drug-likeness (QED) is 0.766. The number of fused-ring (bicyclic) bond motifs is 1. The molecule has 0 radical (unpaired) electrons. The number of nitrogens with one attached hydrogen (secondary N) is 1. The molecular weight excluding hydrogens is 217 g/mol. The molecule has 0 bridgehead atoms. The highest BCUT2D eigenvalue weighted by atomic mass is 19.1. The highest BCUT2D eigenvalue weighted by Crippen LogP contribution is 2.32. The number of imidazole rings is 1. The Morgan fingerprint density at radius 3 is 3.12 bits per heavy atom. The van der Waals surface area contributed by atoms with E-state index in [9.17, 15) is 4.39 Å². The monoisotopic (exact) mass is 228 g/mol. The van der Waals surface area contributed by atoms with Gasteiger partial charge in [0.15, 0.2) is 0 Å². The Hall–Kier alpha value is -2.15. The fraction of sp³-hybridized carbons (Fsp3) is 0.231. The molecule has 3 nitrogen and oxygen atoms in total. The van der Waals surface area contributed by atoms with Gasteiger partial charge < -0.3 is 4.57 Å². The van der Waals surface area contributed by atoms with Crippen LogP contribution in [0.3, 0.4) is 0 Å². The number of aromatic nitrogens is 2. The minimum absolute atomic E-state index is 0.0345. The molecule has 0 unspecified atom stereocenters. The van der Waals surface area contributed by atoms with Crippen LogP contribution in [-0.4, -0.2) is 9.55 Å². The molecule has 2 heterocycles. The van der Waals surface area contributed by atoms with Gasteiger partial charge in [0.25, 0.3) is 0 Å². The fourth-order valence-electron chi connectivity index (χ4n) is 2.41. The van der Waals surface area contributed by atoms with E-state index in [4.69, 9.17) is 5.26 Å². The molecule has 0 saturated carbocycles. The summed E-state index contributed by atoms with van der Waals surface area (Å²) >= 11 is 0. The van der Waals surface area contributed by atoms with Crippen molar-refractivity contribution in [2.75, 3.05) is 0 Å². The molecule has 2 aromatic rings. The van der Waals surface area contributed by atoms with E-state index in [-0.39, 0.29) is 11.9 Å². The Balaban J connectivity index is 2.05. The Morgan fingerprint density at radius 2 is 2.35 bits per heavy atom. The number of benzene rings is 1. The molecule has 0 aliphatic carbocycles. The van der Waals surface area contributed by atoms with Crippen molar-refractivity contribution in [1.82, 2.24) is 9.55 Å². The maximum absolute atomic E-state index is 13.9. The largest absolute Gasteiger partial charge is 0.327 e. The summed E-state index contributed by atoms with van der Waals surface area (Å²) < 4.78 is 16.0. The number of hydrogen-bond donors (Lipinski definition) is 1. The molecule has 0 spiro atoms. The van der Waals surface area contributed by atoms with Crippen LogP contribution in [0, 0.1) is 11.9 Å². The molecule has 1 N–H and O–H groups in total. The number of aryl methyl sites for hydroxylation is 1. The van der Waals surface area contributed by atoms with Gasteiger partial charge in [-0.2, -0.15) is 0 Å². The lowest BCUT2D eigenvalue weighted by molar-refractivity contribution is -0.0909. The first kappa shape index (κ1) is 10.0. The number of nitrogens with zero attached hydrogens (tertiary/aromatic N) is 2. The molecule has 4 heteroatoms. The highest BCUT2D eigenvalue weighted by Gasteiger charge is 2.25. The van der Waals surface area contributed by atoms with E-state index in [2.05, 4.69) is 11.1 Å². The van der Waals surface area contributed by atoms with Crippen LogP contribution in [0.15, 0.2) is 30.7 Å². The van der Waals surface area contributed by atoms with Gasteiger partial charge in [0.05, 0.1) is 12.4 Å². The van der Waals surface area contributed by atoms with Crippen LogP contribution >= 0.6 is 0 Å². The molecule has 3 rings (SSSR count). The van der Waals surface area contributed by atoms with Crippen molar-refractivity contribution < 1.29 is 9.65 Å². The second-order valence-electron chi connectivity index (χ2n) is 4.21. The zero-order chi connectivity index (χ0) is 11.8. The molecule has 1 atom stereocenters. The molecule has 0 fully saturated rings. The van der Waals surface area contributed by atoms with Gasteiger partial charge in [-0.15, -0.1) is 0 Å². The summed E-state index contributed by atoms with van der Waals surface area (Å²) in [6.45, 7) is 0. The van der Waals surface area contributed by atoms with Crippen molar-refractivity contribution in [2.45, 2.75) is 18.9 Å². The van der Waals surface area contributed by atoms with Crippen LogP contribution in [0.25, 0.3) is 0 Å². The average Bonchev–Trinajstić information content (AvgIpc) is 2.91. The maximum atomic E-state index is 13.9. The first-order chi connectivity index (χ1) is 8.29. The summed E-state index contributed by atoms with van der Waals surface area (Å²) in [5.41, 5.74) is 2.29. The number of halogens is 1. The lowest BCUT2D eigenvalue weighted by atomic mass is 10.0. The Bertz CT molecular complexity index is 609. The molecular formula is C13H11FN3+. The standard InChI is InChI=1S/C13H10FN3/c14-12-5-9(6-15)1-3-11(12)13-4-2-10-7-16-8-17(10)13/h1,3,5,7-8,13H,2,4H2/p+1/t13-/m1/s1. The van der Waals surface area contributed by atoms with Crippen LogP contribution in [0.1, 0.15) is 29.3 Å². The molecule has 0 amide bonds. The normalized spacial score (nSPS) is 17.8. The molecule has 1 aromatic heterocycles. The molecule has 1 aliphatic rings. The minimum atomic E-state index is -0.270. The van der Waals surface area contributed by atoms with E-state index in [0.29, 0.717) is 11.1 Å². The summed E-state index contributed by atoms with van der Waals surface area (Å²) in [6, 6.07) is 7.05. The van der Waals surface area contributed by atoms with Gasteiger partial charge in [-0.3, -0.25) is 0 Å². The van der Waals surface area contributed by atoms with Gasteiger partial charge in [-0.05, 0) is 25.0 Å². The van der Waals surface area contributed by atoms with Crippen LogP contribution in [0.2, 0.25) is 0 Å². The summed E-state index contributed by atoms with van der Waals surface area (Å²) in [5, 5.41) is 6.98. The van der Waals surface area contributed by atoms with E-state index in [1.807, 2.05) is 10.8 Å². The van der Waals surface area contributed by atoms with Gasteiger partial charge in [0.1, 0.15) is 11.4 Å². The summed E-state index contributed by atoms with van der Waals surface area (Å²) in [5.74, 6) is -0.270. The fourth-order valence-corrected chi connectivity index (χ4v) is 2.41. The van der Waals surface area contributed by atoms with Crippen LogP contribution < -0.4 is 5.26 Å². The smallest absolute Gasteiger partial charge is 0.308 e. The molecule has 1 aromatic carbocycles. The van der Waals surface area contributed by atoms with Gasteiger partial charge in [0, 0.05) is 17.5 Å². The van der Waals surface area contributed by atoms with Crippen molar-refractivity contribution >= 4 is 0 Å². The zero-order valence-electron chi connectivity index (χ0n) is 9.15. The first-order valence-electron chi connectivity index (χ1n) is 5.52. The van der Waals surface area contributed by atoms with Crippen LogP contribution in [-0.2, 0) is 6.42 Å². The van der Waals surface area contributed by atoms with Crippen molar-refractivity contribution in [3.8, 4) is 6.07 Å². The summed E-state index contributed by atoms with van der Waals surface area (Å²) in [4.78, 5) is 4.08. The van der Waals surface area contributed by atoms with Crippen molar-refractivity contribution in [1.29, 1.82) is 0 Å². The summed E-state index contributed by atoms with van der Waals surface area (Å²) in [6.07, 6.45) is 5.42. The van der Waals surface area contributed by atoms with E-state index in [0.717, 1.165) is 18.5 Å². The summed E-state index contributed by atoms with van der Waals surface area (Å²) in [7, 11) is 0. The van der Waals surface area contributed by atoms with Gasteiger partial charge in [-0.1, -0.05) is 11.3 Å². The molecule has 1 aliphatic heterocycles. The van der Waals surface area contributed by atoms with Crippen molar-refractivity contribution in [3.05, 3.63) is 53.4 Å². The third kappa shape index (κ3) is 1.51. The predicted octanol–water partition coefficient (Wildman–Crippen LogP) is 0.679. The maximum Gasteiger partial charge on any atom is 0.308 e. The van der Waals surface area contributed by atoms with Gasteiger partial charge in [0.2, 0.25) is 0 Å². The first-order valence-corrected chi connectivity index (χ1v) is 5.52. The Labute approximate surface area is 98.1 Å². The number of rotatable bonds is 1. The topological polar surface area (TPSA) is 41.6 Å². The van der Waals surface area contributed by atoms with Crippen molar-refractivity contribution in [3.63, 3.8) is 0 Å². The van der Waals surface area contributed by atoms with E-state index in [1.165, 1.54) is 6.07 Å². The Kier molecular flexibility index (Phi) is 2.19. The molecule has 17 heavy (non-hydrogen) atoms. The van der Waals surface area contributed by atoms with E-state index < -0.39 is 0 Å². The molecule has 0 saturated heterocycles. The van der Waals surface area contributed by atoms with E-state index in [1.54, 1.807) is 18.5 Å². The average molecular weight is 228 g/mol. The highest BCUT2D eigenvalue weighted by molar-refractivity contribution is 5.35. The lowest BCUT2D eigenvalue weighted by Gasteiger charge is -2.13. The van der Waals surface area contributed by atoms with Crippen LogP contribution in [0.4, 0.5) is 4.39 Å². The lowest BCUT2D eigenvalue weighted by Crippen LogP contribution is -2.17. The van der Waals surface area contributed by atoms with Gasteiger partial charge >= 0.3 is 6.07 Å². The predicted molar refractivity (Wildman–Crippen MR) is 59.0 cm³/mol. The second-order valence-corrected chi connectivity index (χ2v) is 4.21. The minimum Gasteiger partial charge on any atom is -0.327 e. The third-order valence-electron chi connectivity index (χ3n) is 3.26. The number of hydrogen-bond acceptors (Lipinski definition) is 1.